The van der Waals surface area contributed by atoms with Gasteiger partial charge in [-0.05, 0) is 37.0 Å². The summed E-state index contributed by atoms with van der Waals surface area (Å²) in [5, 5.41) is 0. The first-order chi connectivity index (χ1) is 9.66. The van der Waals surface area contributed by atoms with Crippen LogP contribution in [0.4, 0.5) is 4.39 Å². The zero-order valence-electron chi connectivity index (χ0n) is 11.2. The van der Waals surface area contributed by atoms with E-state index in [4.69, 9.17) is 4.74 Å². The molecule has 2 aliphatic rings. The topological polar surface area (TPSA) is 29.5 Å². The van der Waals surface area contributed by atoms with Crippen LogP contribution in [0.15, 0.2) is 16.6 Å². The van der Waals surface area contributed by atoms with E-state index in [9.17, 15) is 9.18 Å². The molecule has 20 heavy (non-hydrogen) atoms. The summed E-state index contributed by atoms with van der Waals surface area (Å²) in [6, 6.07) is 3.20. The summed E-state index contributed by atoms with van der Waals surface area (Å²) in [7, 11) is 0. The summed E-state index contributed by atoms with van der Waals surface area (Å²) in [5.41, 5.74) is 1.66. The number of benzene rings is 1. The zero-order valence-corrected chi connectivity index (χ0v) is 12.8. The second-order valence-corrected chi connectivity index (χ2v) is 6.24. The molecule has 1 saturated heterocycles. The largest absolute Gasteiger partial charge is 0.381 e. The molecule has 2 heterocycles. The first-order valence-electron chi connectivity index (χ1n) is 6.99. The van der Waals surface area contributed by atoms with Gasteiger partial charge in [-0.2, -0.15) is 0 Å². The Labute approximate surface area is 126 Å². The van der Waals surface area contributed by atoms with E-state index in [1.807, 2.05) is 0 Å². The fraction of sp³-hybridized carbons (Fsp3) is 0.533. The van der Waals surface area contributed by atoms with Gasteiger partial charge in [0.25, 0.3) is 0 Å². The number of ether oxygens (including phenoxy) is 1. The Morgan fingerprint density at radius 3 is 2.80 bits per heavy atom. The molecule has 3 rings (SSSR count). The van der Waals surface area contributed by atoms with Crippen molar-refractivity contribution in [1.82, 2.24) is 4.90 Å². The minimum atomic E-state index is -0.215. The minimum absolute atomic E-state index is 0.0421. The fourth-order valence-electron chi connectivity index (χ4n) is 2.98. The second kappa shape index (κ2) is 5.82. The summed E-state index contributed by atoms with van der Waals surface area (Å²) in [4.78, 5) is 14.3. The lowest BCUT2D eigenvalue weighted by molar-refractivity contribution is -0.139. The number of fused-ring (bicyclic) bond motifs is 1. The van der Waals surface area contributed by atoms with Gasteiger partial charge in [-0.1, -0.05) is 15.9 Å². The highest BCUT2D eigenvalue weighted by Crippen LogP contribution is 2.30. The molecule has 0 aromatic heterocycles. The summed E-state index contributed by atoms with van der Waals surface area (Å²) in [6.07, 6.45) is 2.27. The van der Waals surface area contributed by atoms with Crippen LogP contribution in [0.2, 0.25) is 0 Å². The Bertz CT molecular complexity index is 529. The number of hydrogen-bond donors (Lipinski definition) is 0. The monoisotopic (exact) mass is 341 g/mol. The van der Waals surface area contributed by atoms with Crippen LogP contribution < -0.4 is 0 Å². The van der Waals surface area contributed by atoms with Crippen molar-refractivity contribution in [2.24, 2.45) is 5.92 Å². The Kier molecular flexibility index (Phi) is 4.08. The molecule has 0 bridgehead atoms. The van der Waals surface area contributed by atoms with Gasteiger partial charge in [0, 0.05) is 42.3 Å². The number of carbonyl (C=O) groups is 1. The number of amides is 1. The molecule has 0 radical (unpaired) electrons. The molecule has 1 fully saturated rings. The lowest BCUT2D eigenvalue weighted by Gasteiger charge is -2.33. The normalized spacial score (nSPS) is 19.8. The van der Waals surface area contributed by atoms with E-state index >= 15 is 0 Å². The average molecular weight is 342 g/mol. The van der Waals surface area contributed by atoms with E-state index < -0.39 is 0 Å². The fourth-order valence-corrected chi connectivity index (χ4v) is 3.55. The third-order valence-corrected chi connectivity index (χ3v) is 4.92. The van der Waals surface area contributed by atoms with E-state index in [0.29, 0.717) is 38.3 Å². The van der Waals surface area contributed by atoms with Crippen LogP contribution in [0.5, 0.6) is 0 Å². The van der Waals surface area contributed by atoms with E-state index in [1.54, 1.807) is 11.0 Å². The van der Waals surface area contributed by atoms with Crippen molar-refractivity contribution in [2.45, 2.75) is 25.8 Å². The van der Waals surface area contributed by atoms with Crippen molar-refractivity contribution in [3.63, 3.8) is 0 Å². The smallest absolute Gasteiger partial charge is 0.226 e. The maximum atomic E-state index is 14.0. The van der Waals surface area contributed by atoms with Crippen LogP contribution in [0, 0.1) is 11.7 Å². The van der Waals surface area contributed by atoms with E-state index in [1.165, 1.54) is 6.07 Å². The van der Waals surface area contributed by atoms with Crippen LogP contribution in [-0.2, 0) is 22.5 Å². The van der Waals surface area contributed by atoms with Gasteiger partial charge in [0.1, 0.15) is 5.82 Å². The van der Waals surface area contributed by atoms with Gasteiger partial charge in [0.15, 0.2) is 0 Å². The molecule has 5 heteroatoms. The van der Waals surface area contributed by atoms with Gasteiger partial charge in [0.05, 0.1) is 0 Å². The number of halogens is 2. The van der Waals surface area contributed by atoms with Gasteiger partial charge >= 0.3 is 0 Å². The van der Waals surface area contributed by atoms with Crippen LogP contribution in [0.25, 0.3) is 0 Å². The lowest BCUT2D eigenvalue weighted by atomic mass is 9.95. The summed E-state index contributed by atoms with van der Waals surface area (Å²) >= 11 is 3.46. The Morgan fingerprint density at radius 2 is 2.05 bits per heavy atom. The predicted octanol–water partition coefficient (Wildman–Crippen LogP) is 2.90. The Morgan fingerprint density at radius 1 is 1.30 bits per heavy atom. The van der Waals surface area contributed by atoms with Crippen molar-refractivity contribution in [3.8, 4) is 0 Å². The first-order valence-corrected chi connectivity index (χ1v) is 7.78. The quantitative estimate of drug-likeness (QED) is 0.786. The molecular formula is C15H17BrFNO2. The van der Waals surface area contributed by atoms with E-state index in [-0.39, 0.29) is 17.6 Å². The molecule has 108 valence electrons. The van der Waals surface area contributed by atoms with Crippen molar-refractivity contribution < 1.29 is 13.9 Å². The molecule has 0 atom stereocenters. The van der Waals surface area contributed by atoms with Crippen LogP contribution in [-0.4, -0.2) is 30.6 Å². The van der Waals surface area contributed by atoms with Gasteiger partial charge in [-0.15, -0.1) is 0 Å². The predicted molar refractivity (Wildman–Crippen MR) is 76.8 cm³/mol. The first kappa shape index (κ1) is 14.0. The zero-order chi connectivity index (χ0) is 14.1. The van der Waals surface area contributed by atoms with Gasteiger partial charge < -0.3 is 9.64 Å². The van der Waals surface area contributed by atoms with Crippen LogP contribution >= 0.6 is 15.9 Å². The molecule has 2 aliphatic heterocycles. The number of nitrogens with zero attached hydrogens (tertiary/aromatic N) is 1. The molecule has 3 nitrogen and oxygen atoms in total. The van der Waals surface area contributed by atoms with Gasteiger partial charge in [-0.25, -0.2) is 4.39 Å². The van der Waals surface area contributed by atoms with Gasteiger partial charge in [-0.3, -0.25) is 4.79 Å². The lowest BCUT2D eigenvalue weighted by Crippen LogP contribution is -2.41. The van der Waals surface area contributed by atoms with E-state index in [2.05, 4.69) is 15.9 Å². The molecule has 1 aromatic rings. The summed E-state index contributed by atoms with van der Waals surface area (Å²) in [6.45, 7) is 2.36. The molecule has 1 amide bonds. The van der Waals surface area contributed by atoms with Crippen molar-refractivity contribution in [2.75, 3.05) is 19.8 Å². The molecule has 0 spiro atoms. The van der Waals surface area contributed by atoms with Crippen molar-refractivity contribution >= 4 is 21.8 Å². The second-order valence-electron chi connectivity index (χ2n) is 5.38. The Hall–Kier alpha value is -0.940. The molecule has 0 aliphatic carbocycles. The highest BCUT2D eigenvalue weighted by molar-refractivity contribution is 9.10. The molecule has 0 unspecified atom stereocenters. The third-order valence-electron chi connectivity index (χ3n) is 4.18. The molecule has 1 aromatic carbocycles. The van der Waals surface area contributed by atoms with Gasteiger partial charge in [0.2, 0.25) is 5.91 Å². The number of hydrogen-bond acceptors (Lipinski definition) is 2. The van der Waals surface area contributed by atoms with Crippen LogP contribution in [0.3, 0.4) is 0 Å². The molecule has 0 N–H and O–H groups in total. The van der Waals surface area contributed by atoms with Crippen molar-refractivity contribution in [1.29, 1.82) is 0 Å². The van der Waals surface area contributed by atoms with E-state index in [0.717, 1.165) is 22.9 Å². The highest BCUT2D eigenvalue weighted by atomic mass is 79.9. The highest BCUT2D eigenvalue weighted by Gasteiger charge is 2.30. The summed E-state index contributed by atoms with van der Waals surface area (Å²) in [5.74, 6) is -0.0217. The number of carbonyl (C=O) groups excluding carboxylic acids is 1. The number of rotatable bonds is 1. The van der Waals surface area contributed by atoms with Crippen molar-refractivity contribution in [3.05, 3.63) is 33.5 Å². The molecular weight excluding hydrogens is 325 g/mol. The third kappa shape index (κ3) is 2.61. The Balaban J connectivity index is 1.78. The minimum Gasteiger partial charge on any atom is -0.381 e. The maximum absolute atomic E-state index is 14.0. The standard InChI is InChI=1S/C15H17BrFNO2/c16-13-1-2-14(17)12-9-18(6-3-11(12)13)15(19)10-4-7-20-8-5-10/h1-2,10H,3-9H2. The SMILES string of the molecule is O=C(C1CCOCC1)N1CCc2c(Br)ccc(F)c2C1. The van der Waals surface area contributed by atoms with Crippen LogP contribution in [0.1, 0.15) is 24.0 Å². The molecule has 0 saturated carbocycles. The summed E-state index contributed by atoms with van der Waals surface area (Å²) < 4.78 is 20.2. The average Bonchev–Trinajstić information content (AvgIpc) is 2.51. The maximum Gasteiger partial charge on any atom is 0.226 e.